The number of ketones is 1. The lowest BCUT2D eigenvalue weighted by Gasteiger charge is -2.18. The summed E-state index contributed by atoms with van der Waals surface area (Å²) in [4.78, 5) is 35.1. The fourth-order valence-electron chi connectivity index (χ4n) is 2.76. The molecule has 0 aliphatic carbocycles. The van der Waals surface area contributed by atoms with E-state index in [1.165, 1.54) is 6.07 Å². The van der Waals surface area contributed by atoms with Crippen LogP contribution in [0.25, 0.3) is 0 Å². The van der Waals surface area contributed by atoms with E-state index in [1.807, 2.05) is 30.3 Å². The third-order valence-corrected chi connectivity index (χ3v) is 4.22. The van der Waals surface area contributed by atoms with E-state index < -0.39 is 29.3 Å². The summed E-state index contributed by atoms with van der Waals surface area (Å²) in [7, 11) is 0. The number of hydrogen-bond donors (Lipinski definition) is 2. The maximum Gasteiger partial charge on any atom is 0.303 e. The van der Waals surface area contributed by atoms with Crippen molar-refractivity contribution in [2.75, 3.05) is 0 Å². The lowest BCUT2D eigenvalue weighted by atomic mass is 10.0. The molecule has 0 aliphatic heterocycles. The van der Waals surface area contributed by atoms with Crippen LogP contribution in [0.5, 0.6) is 0 Å². The molecular formula is C21H21F2NO4. The summed E-state index contributed by atoms with van der Waals surface area (Å²) in [5.41, 5.74) is 0.953. The molecule has 2 aromatic rings. The summed E-state index contributed by atoms with van der Waals surface area (Å²) >= 11 is 0. The molecule has 0 heterocycles. The molecule has 0 aliphatic rings. The van der Waals surface area contributed by atoms with Crippen molar-refractivity contribution in [1.29, 1.82) is 0 Å². The molecule has 0 aromatic heterocycles. The second-order valence-corrected chi connectivity index (χ2v) is 6.44. The van der Waals surface area contributed by atoms with E-state index >= 15 is 0 Å². The fourth-order valence-corrected chi connectivity index (χ4v) is 2.76. The first-order valence-corrected chi connectivity index (χ1v) is 8.88. The van der Waals surface area contributed by atoms with E-state index in [1.54, 1.807) is 0 Å². The van der Waals surface area contributed by atoms with Crippen molar-refractivity contribution in [2.45, 2.75) is 38.1 Å². The zero-order valence-electron chi connectivity index (χ0n) is 15.2. The number of rotatable bonds is 10. The number of carboxylic acids is 1. The Morgan fingerprint density at radius 1 is 0.929 bits per heavy atom. The maximum absolute atomic E-state index is 13.2. The number of halogens is 2. The van der Waals surface area contributed by atoms with Crippen molar-refractivity contribution in [2.24, 2.45) is 0 Å². The molecule has 1 atom stereocenters. The molecule has 0 saturated carbocycles. The lowest BCUT2D eigenvalue weighted by molar-refractivity contribution is -0.137. The summed E-state index contributed by atoms with van der Waals surface area (Å²) in [6.07, 6.45) is 0.347. The van der Waals surface area contributed by atoms with E-state index in [0.717, 1.165) is 17.7 Å². The highest BCUT2D eigenvalue weighted by molar-refractivity contribution is 5.97. The van der Waals surface area contributed by atoms with E-state index in [0.29, 0.717) is 6.42 Å². The lowest BCUT2D eigenvalue weighted by Crippen LogP contribution is -2.37. The third kappa shape index (κ3) is 6.90. The van der Waals surface area contributed by atoms with Crippen molar-refractivity contribution in [1.82, 2.24) is 5.32 Å². The van der Waals surface area contributed by atoms with Gasteiger partial charge in [-0.2, -0.15) is 0 Å². The maximum atomic E-state index is 13.2. The number of carbonyl (C=O) groups excluding carboxylic acids is 2. The quantitative estimate of drug-likeness (QED) is 0.609. The van der Waals surface area contributed by atoms with Crippen molar-refractivity contribution in [3.8, 4) is 0 Å². The minimum Gasteiger partial charge on any atom is -0.481 e. The third-order valence-electron chi connectivity index (χ3n) is 4.22. The van der Waals surface area contributed by atoms with Gasteiger partial charge in [-0.3, -0.25) is 14.4 Å². The molecule has 148 valence electrons. The van der Waals surface area contributed by atoms with Gasteiger partial charge >= 0.3 is 5.97 Å². The van der Waals surface area contributed by atoms with E-state index in [4.69, 9.17) is 5.11 Å². The second-order valence-electron chi connectivity index (χ2n) is 6.44. The molecule has 1 unspecified atom stereocenters. The van der Waals surface area contributed by atoms with Gasteiger partial charge in [0.25, 0.3) is 0 Å². The predicted molar refractivity (Wildman–Crippen MR) is 98.9 cm³/mol. The fraction of sp³-hybridized carbons (Fsp3) is 0.286. The van der Waals surface area contributed by atoms with E-state index in [2.05, 4.69) is 5.32 Å². The van der Waals surface area contributed by atoms with Gasteiger partial charge in [0, 0.05) is 30.9 Å². The second kappa shape index (κ2) is 10.3. The zero-order valence-corrected chi connectivity index (χ0v) is 15.2. The number of benzene rings is 2. The first-order valence-electron chi connectivity index (χ1n) is 8.88. The van der Waals surface area contributed by atoms with Gasteiger partial charge in [0.2, 0.25) is 5.91 Å². The number of aliphatic carboxylic acids is 1. The monoisotopic (exact) mass is 389 g/mol. The first-order chi connectivity index (χ1) is 13.3. The Balaban J connectivity index is 1.91. The van der Waals surface area contributed by atoms with Crippen LogP contribution in [0, 0.1) is 11.6 Å². The molecular weight excluding hydrogens is 368 g/mol. The predicted octanol–water partition coefficient (Wildman–Crippen LogP) is 3.52. The number of nitrogens with one attached hydrogen (secondary N) is 1. The zero-order chi connectivity index (χ0) is 20.5. The highest BCUT2D eigenvalue weighted by Crippen LogP contribution is 2.12. The van der Waals surface area contributed by atoms with Crippen LogP contribution in [0.1, 0.15) is 41.6 Å². The Bertz CT molecular complexity index is 840. The molecule has 0 spiro atoms. The summed E-state index contributed by atoms with van der Waals surface area (Å²) in [5.74, 6) is -3.99. The highest BCUT2D eigenvalue weighted by Gasteiger charge is 2.17. The number of carbonyl (C=O) groups is 3. The summed E-state index contributed by atoms with van der Waals surface area (Å²) < 4.78 is 26.1. The van der Waals surface area contributed by atoms with Gasteiger partial charge in [-0.15, -0.1) is 0 Å². The molecule has 28 heavy (non-hydrogen) atoms. The van der Waals surface area contributed by atoms with Crippen LogP contribution in [0.4, 0.5) is 8.78 Å². The van der Waals surface area contributed by atoms with Crippen molar-refractivity contribution in [3.63, 3.8) is 0 Å². The van der Waals surface area contributed by atoms with Crippen LogP contribution >= 0.6 is 0 Å². The Hall–Kier alpha value is -3.09. The molecule has 2 N–H and O–H groups in total. The average molecular weight is 389 g/mol. The normalized spacial score (nSPS) is 11.6. The smallest absolute Gasteiger partial charge is 0.303 e. The SMILES string of the molecule is O=C(O)CCC(Cc1ccccc1)NC(=O)CCC(=O)c1ccc(F)c(F)c1. The summed E-state index contributed by atoms with van der Waals surface area (Å²) in [5, 5.41) is 11.7. The molecule has 5 nitrogen and oxygen atoms in total. The van der Waals surface area contributed by atoms with Gasteiger partial charge in [-0.05, 0) is 36.6 Å². The number of carboxylic acid groups (broad SMARTS) is 1. The van der Waals surface area contributed by atoms with Gasteiger partial charge in [-0.25, -0.2) is 8.78 Å². The van der Waals surface area contributed by atoms with Crippen LogP contribution in [0.2, 0.25) is 0 Å². The largest absolute Gasteiger partial charge is 0.481 e. The van der Waals surface area contributed by atoms with Gasteiger partial charge in [-0.1, -0.05) is 30.3 Å². The molecule has 0 bridgehead atoms. The minimum atomic E-state index is -1.12. The van der Waals surface area contributed by atoms with Crippen molar-refractivity contribution < 1.29 is 28.3 Å². The minimum absolute atomic E-state index is 0.00147. The number of Topliss-reactive ketones (excluding diaryl/α,β-unsaturated/α-hetero) is 1. The van der Waals surface area contributed by atoms with Crippen LogP contribution in [-0.4, -0.2) is 28.8 Å². The Labute approximate surface area is 161 Å². The van der Waals surface area contributed by atoms with Crippen molar-refractivity contribution in [3.05, 3.63) is 71.3 Å². The van der Waals surface area contributed by atoms with Crippen molar-refractivity contribution >= 4 is 17.7 Å². The standard InChI is InChI=1S/C21H21F2NO4/c22-17-8-6-15(13-18(17)23)19(25)9-10-20(26)24-16(7-11-21(27)28)12-14-4-2-1-3-5-14/h1-6,8,13,16H,7,9-12H2,(H,24,26)(H,27,28). The summed E-state index contributed by atoms with van der Waals surface area (Å²) in [6, 6.07) is 11.8. The topological polar surface area (TPSA) is 83.5 Å². The van der Waals surface area contributed by atoms with Gasteiger partial charge < -0.3 is 10.4 Å². The van der Waals surface area contributed by atoms with E-state index in [-0.39, 0.29) is 37.3 Å². The molecule has 0 radical (unpaired) electrons. The molecule has 1 amide bonds. The van der Waals surface area contributed by atoms with E-state index in [9.17, 15) is 23.2 Å². The summed E-state index contributed by atoms with van der Waals surface area (Å²) in [6.45, 7) is 0. The van der Waals surface area contributed by atoms with Gasteiger partial charge in [0.05, 0.1) is 0 Å². The Morgan fingerprint density at radius 2 is 1.64 bits per heavy atom. The van der Waals surface area contributed by atoms with Crippen LogP contribution in [0.15, 0.2) is 48.5 Å². The van der Waals surface area contributed by atoms with Crippen LogP contribution in [-0.2, 0) is 16.0 Å². The first kappa shape index (κ1) is 21.2. The van der Waals surface area contributed by atoms with Gasteiger partial charge in [0.15, 0.2) is 17.4 Å². The Morgan fingerprint density at radius 3 is 2.29 bits per heavy atom. The molecule has 0 fully saturated rings. The highest BCUT2D eigenvalue weighted by atomic mass is 19.2. The Kier molecular flexibility index (Phi) is 7.80. The molecule has 2 aromatic carbocycles. The van der Waals surface area contributed by atoms with Gasteiger partial charge in [0.1, 0.15) is 0 Å². The number of amides is 1. The molecule has 7 heteroatoms. The number of hydrogen-bond acceptors (Lipinski definition) is 3. The van der Waals surface area contributed by atoms with Crippen LogP contribution < -0.4 is 5.32 Å². The average Bonchev–Trinajstić information content (AvgIpc) is 2.67. The molecule has 2 rings (SSSR count). The molecule has 0 saturated heterocycles. The van der Waals surface area contributed by atoms with Crippen LogP contribution in [0.3, 0.4) is 0 Å².